The molecule has 11 heteroatoms. The minimum absolute atomic E-state index is 0.0539. The van der Waals surface area contributed by atoms with Gasteiger partial charge in [0.2, 0.25) is 29.4 Å². The summed E-state index contributed by atoms with van der Waals surface area (Å²) in [7, 11) is 0. The number of likely N-dealkylation sites (tertiary alicyclic amines) is 1. The summed E-state index contributed by atoms with van der Waals surface area (Å²) in [4.78, 5) is 75.2. The molecular weight excluding hydrogens is 578 g/mol. The molecule has 3 aromatic rings. The third-order valence-electron chi connectivity index (χ3n) is 10.1. The molecule has 4 amide bonds. The highest BCUT2D eigenvalue weighted by molar-refractivity contribution is 7.20. The fourth-order valence-electron chi connectivity index (χ4n) is 7.55. The summed E-state index contributed by atoms with van der Waals surface area (Å²) in [5, 5.41) is 6.09. The van der Waals surface area contributed by atoms with Gasteiger partial charge in [-0.3, -0.25) is 24.0 Å². The molecule has 0 unspecified atom stereocenters. The quantitative estimate of drug-likeness (QED) is 0.376. The van der Waals surface area contributed by atoms with Gasteiger partial charge in [0.1, 0.15) is 6.04 Å². The van der Waals surface area contributed by atoms with Crippen molar-refractivity contribution < 1.29 is 24.0 Å². The molecule has 228 valence electrons. The third kappa shape index (κ3) is 4.87. The topological polar surface area (TPSA) is 129 Å². The maximum Gasteiger partial charge on any atom is 0.243 e. The predicted octanol–water partition coefficient (Wildman–Crippen LogP) is 3.03. The summed E-state index contributed by atoms with van der Waals surface area (Å²) in [6, 6.07) is 15.0. The van der Waals surface area contributed by atoms with Crippen molar-refractivity contribution in [2.45, 2.75) is 45.2 Å². The van der Waals surface area contributed by atoms with Gasteiger partial charge in [-0.05, 0) is 54.4 Å². The van der Waals surface area contributed by atoms with Crippen molar-refractivity contribution in [3.63, 3.8) is 0 Å². The Morgan fingerprint density at radius 3 is 2.55 bits per heavy atom. The molecule has 2 aromatic carbocycles. The van der Waals surface area contributed by atoms with Crippen LogP contribution in [0, 0.1) is 29.1 Å². The van der Waals surface area contributed by atoms with E-state index < -0.39 is 29.8 Å². The van der Waals surface area contributed by atoms with Crippen LogP contribution < -0.4 is 15.5 Å². The zero-order chi connectivity index (χ0) is 30.7. The molecule has 7 rings (SSSR count). The largest absolute Gasteiger partial charge is 0.356 e. The second-order valence-electron chi connectivity index (χ2n) is 13.1. The summed E-state index contributed by atoms with van der Waals surface area (Å²) in [6.07, 6.45) is 0.832. The molecule has 0 radical (unpaired) electrons. The van der Waals surface area contributed by atoms with Crippen molar-refractivity contribution >= 4 is 56.7 Å². The summed E-state index contributed by atoms with van der Waals surface area (Å²) >= 11 is 1.27. The van der Waals surface area contributed by atoms with Crippen LogP contribution in [0.4, 0.5) is 5.69 Å². The normalized spacial score (nSPS) is 27.7. The lowest BCUT2D eigenvalue weighted by atomic mass is 9.94. The number of carbonyl (C=O) groups excluding carboxylic acids is 5. The van der Waals surface area contributed by atoms with Gasteiger partial charge in [0.25, 0.3) is 0 Å². The number of rotatable bonds is 8. The van der Waals surface area contributed by atoms with Crippen LogP contribution in [0.1, 0.15) is 42.9 Å². The Balaban J connectivity index is 1.13. The number of amides is 4. The number of thiazole rings is 1. The van der Waals surface area contributed by atoms with Crippen molar-refractivity contribution in [2.75, 3.05) is 24.5 Å². The number of para-hydroxylation sites is 2. The van der Waals surface area contributed by atoms with Crippen LogP contribution in [0.15, 0.2) is 54.6 Å². The monoisotopic (exact) mass is 613 g/mol. The first-order valence-electron chi connectivity index (χ1n) is 15.3. The van der Waals surface area contributed by atoms with Crippen molar-refractivity contribution in [1.82, 2.24) is 20.5 Å². The summed E-state index contributed by atoms with van der Waals surface area (Å²) in [5.74, 6) is -2.03. The molecule has 1 saturated carbocycles. The Morgan fingerprint density at radius 1 is 1.07 bits per heavy atom. The molecule has 1 aromatic heterocycles. The first-order chi connectivity index (χ1) is 21.1. The molecule has 1 aliphatic carbocycles. The van der Waals surface area contributed by atoms with Crippen LogP contribution in [-0.4, -0.2) is 71.0 Å². The number of hydrogen-bond acceptors (Lipinski definition) is 7. The summed E-state index contributed by atoms with van der Waals surface area (Å²) < 4.78 is 0.866. The molecule has 10 nitrogen and oxygen atoms in total. The number of benzene rings is 2. The molecular formula is C33H35N5O5S. The lowest BCUT2D eigenvalue weighted by Gasteiger charge is -2.33. The lowest BCUT2D eigenvalue weighted by molar-refractivity contribution is -0.143. The second kappa shape index (κ2) is 10.8. The van der Waals surface area contributed by atoms with Gasteiger partial charge in [-0.15, -0.1) is 11.3 Å². The standard InChI is InChI=1S/C33H35N5O5S/c1-33(2)21-17-38(32(43)19-15-25(39)37(16-19)20-8-4-3-5-9-20)27(26(21)33)30(42)35-23(14-18-12-13-34-29(18)41)28(40)31-36-22-10-6-7-11-24(22)44-31/h3-11,18-19,21,23,26-27H,12-17H2,1-2H3,(H,34,41)(H,35,42)/t18-,19+,21-,23-,26-,27-/m0/s1. The van der Waals surface area contributed by atoms with Crippen molar-refractivity contribution in [3.05, 3.63) is 59.6 Å². The van der Waals surface area contributed by atoms with Crippen molar-refractivity contribution in [3.8, 4) is 0 Å². The fourth-order valence-corrected chi connectivity index (χ4v) is 8.51. The number of ketones is 1. The number of nitrogens with one attached hydrogen (secondary N) is 2. The predicted molar refractivity (Wildman–Crippen MR) is 165 cm³/mol. The van der Waals surface area contributed by atoms with E-state index in [0.717, 1.165) is 10.4 Å². The van der Waals surface area contributed by atoms with Gasteiger partial charge in [-0.1, -0.05) is 44.2 Å². The first-order valence-corrected chi connectivity index (χ1v) is 16.1. The number of fused-ring (bicyclic) bond motifs is 2. The van der Waals surface area contributed by atoms with Crippen molar-refractivity contribution in [1.29, 1.82) is 0 Å². The number of hydrogen-bond donors (Lipinski definition) is 2. The number of piperidine rings is 1. The smallest absolute Gasteiger partial charge is 0.243 e. The SMILES string of the molecule is CC1(C)[C@@H]2[C@@H](C(=O)N[C@@H](C[C@@H]3CCNC3=O)C(=O)c3nc4ccccc4s3)N(C(=O)[C@@H]3CC(=O)N(c4ccccc4)C3)C[C@@H]21. The van der Waals surface area contributed by atoms with Crippen LogP contribution in [0.2, 0.25) is 0 Å². The number of aromatic nitrogens is 1. The molecule has 4 aliphatic rings. The van der Waals surface area contributed by atoms with Gasteiger partial charge in [-0.25, -0.2) is 4.98 Å². The highest BCUT2D eigenvalue weighted by atomic mass is 32.1. The molecule has 3 aliphatic heterocycles. The van der Waals surface area contributed by atoms with Gasteiger partial charge in [0.15, 0.2) is 5.01 Å². The van der Waals surface area contributed by atoms with Crippen LogP contribution in [0.3, 0.4) is 0 Å². The number of anilines is 1. The third-order valence-corrected chi connectivity index (χ3v) is 11.2. The van der Waals surface area contributed by atoms with Crippen LogP contribution in [0.25, 0.3) is 10.2 Å². The van der Waals surface area contributed by atoms with E-state index in [1.807, 2.05) is 54.6 Å². The minimum atomic E-state index is -0.962. The van der Waals surface area contributed by atoms with Gasteiger partial charge >= 0.3 is 0 Å². The van der Waals surface area contributed by atoms with E-state index in [0.29, 0.717) is 25.0 Å². The Morgan fingerprint density at radius 2 is 1.82 bits per heavy atom. The minimum Gasteiger partial charge on any atom is -0.356 e. The van der Waals surface area contributed by atoms with E-state index in [-0.39, 0.29) is 65.1 Å². The summed E-state index contributed by atoms with van der Waals surface area (Å²) in [5.41, 5.74) is 1.33. The van der Waals surface area contributed by atoms with Crippen LogP contribution >= 0.6 is 11.3 Å². The average molecular weight is 614 g/mol. The van der Waals surface area contributed by atoms with Gasteiger partial charge < -0.3 is 20.4 Å². The van der Waals surface area contributed by atoms with Gasteiger partial charge in [0.05, 0.1) is 22.2 Å². The van der Waals surface area contributed by atoms with E-state index in [1.54, 1.807) is 9.80 Å². The van der Waals surface area contributed by atoms with E-state index in [9.17, 15) is 24.0 Å². The van der Waals surface area contributed by atoms with E-state index >= 15 is 0 Å². The van der Waals surface area contributed by atoms with Crippen molar-refractivity contribution in [2.24, 2.45) is 29.1 Å². The summed E-state index contributed by atoms with van der Waals surface area (Å²) in [6.45, 7) is 5.44. The first kappa shape index (κ1) is 28.6. The molecule has 2 N–H and O–H groups in total. The second-order valence-corrected chi connectivity index (χ2v) is 14.1. The van der Waals surface area contributed by atoms with E-state index in [4.69, 9.17) is 0 Å². The number of carbonyl (C=O) groups is 5. The Hall–Kier alpha value is -4.12. The van der Waals surface area contributed by atoms with E-state index in [2.05, 4.69) is 29.5 Å². The molecule has 0 spiro atoms. The lowest BCUT2D eigenvalue weighted by Crippen LogP contribution is -2.55. The maximum absolute atomic E-state index is 14.2. The molecule has 44 heavy (non-hydrogen) atoms. The van der Waals surface area contributed by atoms with Gasteiger partial charge in [-0.2, -0.15) is 0 Å². The zero-order valence-corrected chi connectivity index (χ0v) is 25.5. The highest BCUT2D eigenvalue weighted by Gasteiger charge is 2.69. The van der Waals surface area contributed by atoms with Gasteiger partial charge in [0, 0.05) is 37.7 Å². The molecule has 4 fully saturated rings. The maximum atomic E-state index is 14.2. The fraction of sp³-hybridized carbons (Fsp3) is 0.455. The average Bonchev–Trinajstić information content (AvgIpc) is 3.65. The van der Waals surface area contributed by atoms with E-state index in [1.165, 1.54) is 11.3 Å². The molecule has 0 bridgehead atoms. The molecule has 4 heterocycles. The Bertz CT molecular complexity index is 1640. The number of Topliss-reactive ketones (excluding diaryl/α,β-unsaturated/α-hetero) is 1. The molecule has 6 atom stereocenters. The van der Waals surface area contributed by atoms with Crippen LogP contribution in [-0.2, 0) is 19.2 Å². The number of nitrogens with zero attached hydrogens (tertiary/aromatic N) is 3. The highest BCUT2D eigenvalue weighted by Crippen LogP contribution is 2.65. The zero-order valence-electron chi connectivity index (χ0n) is 24.7. The van der Waals surface area contributed by atoms with Crippen LogP contribution in [0.5, 0.6) is 0 Å². The molecule has 3 saturated heterocycles. The Kier molecular flexibility index (Phi) is 7.03. The Labute approximate surface area is 259 Å².